The molecule has 2 aromatic rings. The van der Waals surface area contributed by atoms with E-state index in [1.54, 1.807) is 6.33 Å². The van der Waals surface area contributed by atoms with Gasteiger partial charge in [-0.05, 0) is 59.8 Å². The number of hydrogen-bond acceptors (Lipinski definition) is 5. The van der Waals surface area contributed by atoms with Crippen molar-refractivity contribution in [1.82, 2.24) is 15.0 Å². The molecule has 2 aliphatic rings. The normalized spacial score (nSPS) is 20.8. The van der Waals surface area contributed by atoms with E-state index in [-0.39, 0.29) is 0 Å². The van der Waals surface area contributed by atoms with Gasteiger partial charge in [-0.1, -0.05) is 0 Å². The molecule has 1 aliphatic heterocycles. The van der Waals surface area contributed by atoms with Crippen molar-refractivity contribution in [2.75, 3.05) is 22.9 Å². The number of rotatable bonds is 4. The van der Waals surface area contributed by atoms with Gasteiger partial charge in [0.2, 0.25) is 0 Å². The third-order valence-corrected chi connectivity index (χ3v) is 5.08. The van der Waals surface area contributed by atoms with Gasteiger partial charge in [-0.15, -0.1) is 0 Å². The lowest BCUT2D eigenvalue weighted by atomic mass is 10.2. The van der Waals surface area contributed by atoms with Crippen LogP contribution in [0.1, 0.15) is 24.8 Å². The molecule has 3 heterocycles. The minimum Gasteiger partial charge on any atom is -0.354 e. The van der Waals surface area contributed by atoms with E-state index in [1.165, 1.54) is 18.4 Å². The molecule has 5 nitrogen and oxygen atoms in total. The number of pyridine rings is 1. The van der Waals surface area contributed by atoms with Gasteiger partial charge in [-0.3, -0.25) is 0 Å². The highest BCUT2D eigenvalue weighted by Gasteiger charge is 2.38. The van der Waals surface area contributed by atoms with Crippen LogP contribution in [-0.4, -0.2) is 40.1 Å². The highest BCUT2D eigenvalue weighted by molar-refractivity contribution is 9.10. The Morgan fingerprint density at radius 3 is 2.78 bits per heavy atom. The zero-order valence-electron chi connectivity index (χ0n) is 13.2. The summed E-state index contributed by atoms with van der Waals surface area (Å²) in [6, 6.07) is 5.32. The Morgan fingerprint density at radius 2 is 2.09 bits per heavy atom. The van der Waals surface area contributed by atoms with Crippen molar-refractivity contribution in [3.63, 3.8) is 0 Å². The average molecular weight is 374 g/mol. The Morgan fingerprint density at radius 1 is 1.22 bits per heavy atom. The van der Waals surface area contributed by atoms with Crippen LogP contribution >= 0.6 is 15.9 Å². The zero-order chi connectivity index (χ0) is 15.8. The number of aryl methyl sites for hydroxylation is 1. The monoisotopic (exact) mass is 373 g/mol. The molecule has 0 spiro atoms. The molecule has 0 N–H and O–H groups in total. The maximum absolute atomic E-state index is 4.62. The first kappa shape index (κ1) is 14.9. The van der Waals surface area contributed by atoms with Crippen molar-refractivity contribution in [3.05, 3.63) is 40.9 Å². The van der Waals surface area contributed by atoms with Crippen molar-refractivity contribution >= 4 is 27.6 Å². The van der Waals surface area contributed by atoms with Gasteiger partial charge in [0.05, 0.1) is 0 Å². The SMILES string of the molecule is Cc1cc(Br)cnc1N1CCC(N(c2ccncn2)C2CC2)C1. The third kappa shape index (κ3) is 3.04. The van der Waals surface area contributed by atoms with Crippen LogP contribution in [0.2, 0.25) is 0 Å². The molecule has 0 amide bonds. The van der Waals surface area contributed by atoms with Gasteiger partial charge in [0, 0.05) is 42.0 Å². The fraction of sp³-hybridized carbons (Fsp3) is 0.471. The Kier molecular flexibility index (Phi) is 3.93. The van der Waals surface area contributed by atoms with Crippen molar-refractivity contribution in [1.29, 1.82) is 0 Å². The second-order valence-electron chi connectivity index (χ2n) is 6.39. The van der Waals surface area contributed by atoms with Gasteiger partial charge in [-0.25, -0.2) is 15.0 Å². The van der Waals surface area contributed by atoms with Gasteiger partial charge in [0.15, 0.2) is 0 Å². The number of anilines is 2. The summed E-state index contributed by atoms with van der Waals surface area (Å²) in [6.07, 6.45) is 9.07. The Bertz CT molecular complexity index is 689. The van der Waals surface area contributed by atoms with Crippen LogP contribution in [0, 0.1) is 6.92 Å². The molecule has 4 rings (SSSR count). The second-order valence-corrected chi connectivity index (χ2v) is 7.30. The number of halogens is 1. The molecule has 0 radical (unpaired) electrons. The van der Waals surface area contributed by atoms with Crippen molar-refractivity contribution in [3.8, 4) is 0 Å². The molecule has 2 fully saturated rings. The van der Waals surface area contributed by atoms with Crippen molar-refractivity contribution in [2.24, 2.45) is 0 Å². The average Bonchev–Trinajstić information content (AvgIpc) is 3.26. The molecular formula is C17H20BrN5. The molecule has 1 saturated carbocycles. The zero-order valence-corrected chi connectivity index (χ0v) is 14.8. The summed E-state index contributed by atoms with van der Waals surface area (Å²) in [5.74, 6) is 2.17. The summed E-state index contributed by atoms with van der Waals surface area (Å²) in [7, 11) is 0. The quantitative estimate of drug-likeness (QED) is 0.823. The van der Waals surface area contributed by atoms with Gasteiger partial charge < -0.3 is 9.80 Å². The lowest BCUT2D eigenvalue weighted by Gasteiger charge is -2.30. The highest BCUT2D eigenvalue weighted by Crippen LogP contribution is 2.35. The Hall–Kier alpha value is -1.69. The standard InChI is InChI=1S/C17H20BrN5/c1-12-8-13(18)9-20-17(12)22-7-5-15(10-22)23(14-2-3-14)16-4-6-19-11-21-16/h4,6,8-9,11,14-15H,2-3,5,7,10H2,1H3. The van der Waals surface area contributed by atoms with Crippen LogP contribution in [0.4, 0.5) is 11.6 Å². The predicted molar refractivity (Wildman–Crippen MR) is 94.8 cm³/mol. The van der Waals surface area contributed by atoms with Crippen LogP contribution < -0.4 is 9.80 Å². The molecule has 120 valence electrons. The highest BCUT2D eigenvalue weighted by atomic mass is 79.9. The minimum atomic E-state index is 0.502. The molecular weight excluding hydrogens is 354 g/mol. The lowest BCUT2D eigenvalue weighted by molar-refractivity contribution is 0.624. The fourth-order valence-electron chi connectivity index (χ4n) is 3.49. The number of nitrogens with zero attached hydrogens (tertiary/aromatic N) is 5. The first-order chi connectivity index (χ1) is 11.2. The smallest absolute Gasteiger partial charge is 0.132 e. The molecule has 1 unspecified atom stereocenters. The van der Waals surface area contributed by atoms with E-state index in [0.29, 0.717) is 12.1 Å². The predicted octanol–water partition coefficient (Wildman–Crippen LogP) is 3.19. The topological polar surface area (TPSA) is 45.2 Å². The summed E-state index contributed by atoms with van der Waals surface area (Å²) in [5, 5.41) is 0. The summed E-state index contributed by atoms with van der Waals surface area (Å²) < 4.78 is 1.04. The second kappa shape index (κ2) is 6.07. The molecule has 1 atom stereocenters. The van der Waals surface area contributed by atoms with Crippen LogP contribution in [0.25, 0.3) is 0 Å². The van der Waals surface area contributed by atoms with E-state index in [2.05, 4.69) is 53.7 Å². The molecule has 0 aromatic carbocycles. The van der Waals surface area contributed by atoms with E-state index in [9.17, 15) is 0 Å². The van der Waals surface area contributed by atoms with Crippen LogP contribution in [-0.2, 0) is 0 Å². The van der Waals surface area contributed by atoms with Crippen molar-refractivity contribution in [2.45, 2.75) is 38.3 Å². The lowest BCUT2D eigenvalue weighted by Crippen LogP contribution is -2.40. The van der Waals surface area contributed by atoms with Gasteiger partial charge in [0.1, 0.15) is 18.0 Å². The molecule has 1 saturated heterocycles. The molecule has 0 bridgehead atoms. The number of aromatic nitrogens is 3. The van der Waals surface area contributed by atoms with Gasteiger partial charge >= 0.3 is 0 Å². The van der Waals surface area contributed by atoms with E-state index in [0.717, 1.165) is 35.6 Å². The number of hydrogen-bond donors (Lipinski definition) is 0. The van der Waals surface area contributed by atoms with Crippen LogP contribution in [0.5, 0.6) is 0 Å². The largest absolute Gasteiger partial charge is 0.354 e. The van der Waals surface area contributed by atoms with E-state index in [1.807, 2.05) is 18.5 Å². The van der Waals surface area contributed by atoms with Crippen LogP contribution in [0.15, 0.2) is 35.3 Å². The Labute approximate surface area is 144 Å². The van der Waals surface area contributed by atoms with Crippen molar-refractivity contribution < 1.29 is 0 Å². The molecule has 1 aliphatic carbocycles. The molecule has 2 aromatic heterocycles. The van der Waals surface area contributed by atoms with E-state index < -0.39 is 0 Å². The fourth-order valence-corrected chi connectivity index (χ4v) is 3.93. The summed E-state index contributed by atoms with van der Waals surface area (Å²) in [4.78, 5) is 18.1. The summed E-state index contributed by atoms with van der Waals surface area (Å²) in [6.45, 7) is 4.19. The minimum absolute atomic E-state index is 0.502. The van der Waals surface area contributed by atoms with E-state index >= 15 is 0 Å². The first-order valence-corrected chi connectivity index (χ1v) is 8.93. The summed E-state index contributed by atoms with van der Waals surface area (Å²) in [5.41, 5.74) is 1.22. The Balaban J connectivity index is 1.55. The molecule has 23 heavy (non-hydrogen) atoms. The van der Waals surface area contributed by atoms with Gasteiger partial charge in [-0.2, -0.15) is 0 Å². The van der Waals surface area contributed by atoms with Crippen LogP contribution in [0.3, 0.4) is 0 Å². The third-order valence-electron chi connectivity index (χ3n) is 4.64. The molecule has 6 heteroatoms. The first-order valence-electron chi connectivity index (χ1n) is 8.14. The van der Waals surface area contributed by atoms with E-state index in [4.69, 9.17) is 0 Å². The maximum Gasteiger partial charge on any atom is 0.132 e. The van der Waals surface area contributed by atoms with Gasteiger partial charge in [0.25, 0.3) is 0 Å². The maximum atomic E-state index is 4.62. The summed E-state index contributed by atoms with van der Waals surface area (Å²) >= 11 is 3.49.